The van der Waals surface area contributed by atoms with E-state index in [0.29, 0.717) is 0 Å². The highest BCUT2D eigenvalue weighted by atomic mass is 28.4. The lowest BCUT2D eigenvalue weighted by Crippen LogP contribution is -2.44. The first-order chi connectivity index (χ1) is 9.82. The molecule has 1 aromatic rings. The molecule has 0 fully saturated rings. The third kappa shape index (κ3) is 1.65. The standard InChI is InChI=1S/C18H22OSi2/c1-20(2)15-10-5-7-12-11-16(20)18(17(12)15)13-8-6-9-14(13)21(3,4)19/h5-7,9-10,19H,8,11H2,1-4H3. The molecule has 0 atom stereocenters. The van der Waals surface area contributed by atoms with Gasteiger partial charge in [-0.25, -0.2) is 0 Å². The zero-order valence-corrected chi connectivity index (χ0v) is 15.2. The monoisotopic (exact) mass is 310 g/mol. The summed E-state index contributed by atoms with van der Waals surface area (Å²) in [6.07, 6.45) is 6.58. The van der Waals surface area contributed by atoms with E-state index >= 15 is 0 Å². The molecule has 1 N–H and O–H groups in total. The van der Waals surface area contributed by atoms with Gasteiger partial charge in [0, 0.05) is 0 Å². The molecule has 2 aliphatic carbocycles. The van der Waals surface area contributed by atoms with Gasteiger partial charge in [-0.3, -0.25) is 0 Å². The van der Waals surface area contributed by atoms with E-state index in [1.54, 1.807) is 15.9 Å². The normalized spacial score (nSPS) is 22.0. The first kappa shape index (κ1) is 13.5. The summed E-state index contributed by atoms with van der Waals surface area (Å²) in [7, 11) is -3.71. The predicted molar refractivity (Wildman–Crippen MR) is 94.7 cm³/mol. The predicted octanol–water partition coefficient (Wildman–Crippen LogP) is 3.46. The molecule has 21 heavy (non-hydrogen) atoms. The summed E-state index contributed by atoms with van der Waals surface area (Å²) in [6, 6.07) is 6.87. The second-order valence-corrected chi connectivity index (χ2v) is 15.6. The van der Waals surface area contributed by atoms with Crippen molar-refractivity contribution in [1.29, 1.82) is 0 Å². The minimum atomic E-state index is -2.25. The van der Waals surface area contributed by atoms with Gasteiger partial charge in [-0.1, -0.05) is 48.6 Å². The average molecular weight is 311 g/mol. The van der Waals surface area contributed by atoms with Crippen LogP contribution in [-0.4, -0.2) is 21.2 Å². The van der Waals surface area contributed by atoms with Crippen LogP contribution in [0.25, 0.3) is 5.57 Å². The zero-order chi connectivity index (χ0) is 15.0. The lowest BCUT2D eigenvalue weighted by molar-refractivity contribution is 0.563. The van der Waals surface area contributed by atoms with Gasteiger partial charge in [0.25, 0.3) is 0 Å². The van der Waals surface area contributed by atoms with Crippen LogP contribution in [0.1, 0.15) is 17.5 Å². The molecule has 1 heterocycles. The largest absolute Gasteiger partial charge is 0.428 e. The first-order valence-electron chi connectivity index (χ1n) is 7.81. The van der Waals surface area contributed by atoms with Gasteiger partial charge in [-0.2, -0.15) is 0 Å². The number of benzene rings is 1. The van der Waals surface area contributed by atoms with Crippen LogP contribution < -0.4 is 5.19 Å². The summed E-state index contributed by atoms with van der Waals surface area (Å²) in [5, 5.41) is 4.58. The Kier molecular flexibility index (Phi) is 2.55. The Balaban J connectivity index is 1.99. The van der Waals surface area contributed by atoms with E-state index in [9.17, 15) is 4.80 Å². The van der Waals surface area contributed by atoms with Crippen LogP contribution in [-0.2, 0) is 6.42 Å². The summed E-state index contributed by atoms with van der Waals surface area (Å²) >= 11 is 0. The van der Waals surface area contributed by atoms with Gasteiger partial charge in [-0.05, 0) is 58.6 Å². The minimum Gasteiger partial charge on any atom is -0.428 e. The summed E-state index contributed by atoms with van der Waals surface area (Å²) in [4.78, 5) is 10.6. The molecule has 0 radical (unpaired) electrons. The van der Waals surface area contributed by atoms with Crippen molar-refractivity contribution in [3.8, 4) is 0 Å². The molecular formula is C18H22OSi2. The Morgan fingerprint density at radius 2 is 1.95 bits per heavy atom. The van der Waals surface area contributed by atoms with Crippen LogP contribution in [0.5, 0.6) is 0 Å². The Labute approximate surface area is 128 Å². The van der Waals surface area contributed by atoms with E-state index in [1.165, 1.54) is 21.9 Å². The molecule has 0 aromatic heterocycles. The average Bonchev–Trinajstić information content (AvgIpc) is 3.03. The molecule has 0 saturated heterocycles. The quantitative estimate of drug-likeness (QED) is 0.830. The molecule has 3 heteroatoms. The van der Waals surface area contributed by atoms with E-state index in [0.717, 1.165) is 12.8 Å². The number of hydrogen-bond donors (Lipinski definition) is 1. The van der Waals surface area contributed by atoms with Crippen LogP contribution in [0, 0.1) is 0 Å². The van der Waals surface area contributed by atoms with E-state index < -0.39 is 16.4 Å². The molecule has 0 spiro atoms. The topological polar surface area (TPSA) is 20.2 Å². The summed E-state index contributed by atoms with van der Waals surface area (Å²) in [6.45, 7) is 9.06. The van der Waals surface area contributed by atoms with Crippen molar-refractivity contribution < 1.29 is 4.80 Å². The zero-order valence-electron chi connectivity index (χ0n) is 13.2. The lowest BCUT2D eigenvalue weighted by atomic mass is 9.98. The van der Waals surface area contributed by atoms with Gasteiger partial charge in [0.15, 0.2) is 0 Å². The van der Waals surface area contributed by atoms with Crippen LogP contribution in [0.15, 0.2) is 46.3 Å². The maximum Gasteiger partial charge on any atom is 0.214 e. The first-order valence-corrected chi connectivity index (χ1v) is 13.8. The highest BCUT2D eigenvalue weighted by Gasteiger charge is 2.46. The van der Waals surface area contributed by atoms with E-state index in [1.807, 2.05) is 13.1 Å². The third-order valence-corrected chi connectivity index (χ3v) is 10.9. The van der Waals surface area contributed by atoms with Crippen molar-refractivity contribution in [1.82, 2.24) is 0 Å². The van der Waals surface area contributed by atoms with E-state index in [2.05, 4.69) is 43.4 Å². The Morgan fingerprint density at radius 1 is 1.19 bits per heavy atom. The smallest absolute Gasteiger partial charge is 0.214 e. The molecule has 1 nitrogen and oxygen atoms in total. The molecule has 1 aliphatic heterocycles. The Bertz CT molecular complexity index is 758. The highest BCUT2D eigenvalue weighted by molar-refractivity contribution is 6.99. The number of allylic oxidation sites excluding steroid dienone is 6. The molecule has 3 aliphatic rings. The number of hydrogen-bond acceptors (Lipinski definition) is 1. The third-order valence-electron chi connectivity index (χ3n) is 5.39. The lowest BCUT2D eigenvalue weighted by Gasteiger charge is -2.26. The summed E-state index contributed by atoms with van der Waals surface area (Å²) < 4.78 is 0. The number of rotatable bonds is 2. The van der Waals surface area contributed by atoms with Gasteiger partial charge in [0.05, 0.1) is 0 Å². The molecule has 108 valence electrons. The van der Waals surface area contributed by atoms with Gasteiger partial charge < -0.3 is 4.80 Å². The van der Waals surface area contributed by atoms with Crippen LogP contribution in [0.3, 0.4) is 0 Å². The second-order valence-electron chi connectivity index (χ2n) is 7.55. The van der Waals surface area contributed by atoms with Crippen molar-refractivity contribution in [3.05, 3.63) is 57.4 Å². The van der Waals surface area contributed by atoms with Gasteiger partial charge in [-0.15, -0.1) is 0 Å². The van der Waals surface area contributed by atoms with Crippen LogP contribution in [0.4, 0.5) is 0 Å². The van der Waals surface area contributed by atoms with Crippen LogP contribution >= 0.6 is 0 Å². The molecule has 0 saturated carbocycles. The summed E-state index contributed by atoms with van der Waals surface area (Å²) in [5.74, 6) is 0. The highest BCUT2D eigenvalue weighted by Crippen LogP contribution is 2.49. The van der Waals surface area contributed by atoms with Crippen molar-refractivity contribution in [3.63, 3.8) is 0 Å². The Hall–Kier alpha value is -1.17. The van der Waals surface area contributed by atoms with E-state index in [-0.39, 0.29) is 0 Å². The fourth-order valence-corrected chi connectivity index (χ4v) is 9.11. The molecule has 1 aromatic carbocycles. The van der Waals surface area contributed by atoms with E-state index in [4.69, 9.17) is 0 Å². The molecule has 0 amide bonds. The van der Waals surface area contributed by atoms with Crippen molar-refractivity contribution in [2.24, 2.45) is 0 Å². The van der Waals surface area contributed by atoms with Crippen molar-refractivity contribution in [2.75, 3.05) is 0 Å². The SMILES string of the molecule is C[Si](C)(O)C1=C(C2=C3Cc4cccc(c42)[Si]3(C)C)CC=C1. The van der Waals surface area contributed by atoms with Crippen molar-refractivity contribution in [2.45, 2.75) is 39.0 Å². The fourth-order valence-electron chi connectivity index (χ4n) is 4.34. The maximum absolute atomic E-state index is 10.6. The molecule has 4 rings (SSSR count). The second kappa shape index (κ2) is 3.97. The minimum absolute atomic E-state index is 1.00. The molecular weight excluding hydrogens is 288 g/mol. The maximum atomic E-state index is 10.6. The van der Waals surface area contributed by atoms with Gasteiger partial charge in [0.2, 0.25) is 8.32 Å². The molecule has 0 unspecified atom stereocenters. The molecule has 2 bridgehead atoms. The van der Waals surface area contributed by atoms with Crippen LogP contribution in [0.2, 0.25) is 26.2 Å². The van der Waals surface area contributed by atoms with Crippen molar-refractivity contribution >= 4 is 27.2 Å². The van der Waals surface area contributed by atoms with Gasteiger partial charge in [0.1, 0.15) is 8.07 Å². The fraction of sp³-hybridized carbons (Fsp3) is 0.333. The Morgan fingerprint density at radius 3 is 2.67 bits per heavy atom. The van der Waals surface area contributed by atoms with Gasteiger partial charge >= 0.3 is 0 Å². The summed E-state index contributed by atoms with van der Waals surface area (Å²) in [5.41, 5.74) is 6.03.